The van der Waals surface area contributed by atoms with Gasteiger partial charge in [-0.1, -0.05) is 45.8 Å². The third-order valence-electron chi connectivity index (χ3n) is 4.85. The molecule has 0 saturated carbocycles. The molecular formula is C19H20BrNO. The molecule has 0 bridgehead atoms. The van der Waals surface area contributed by atoms with E-state index in [1.807, 2.05) is 0 Å². The Morgan fingerprint density at radius 3 is 2.77 bits per heavy atom. The van der Waals surface area contributed by atoms with E-state index in [1.54, 1.807) is 0 Å². The Kier molecular flexibility index (Phi) is 3.71. The normalized spacial score (nSPS) is 26.7. The van der Waals surface area contributed by atoms with Crippen LogP contribution in [-0.2, 0) is 4.74 Å². The lowest BCUT2D eigenvalue weighted by Crippen LogP contribution is -2.36. The number of benzene rings is 2. The zero-order valence-corrected chi connectivity index (χ0v) is 14.3. The van der Waals surface area contributed by atoms with E-state index in [0.717, 1.165) is 17.5 Å². The quantitative estimate of drug-likeness (QED) is 0.738. The lowest BCUT2D eigenvalue weighted by atomic mass is 9.77. The van der Waals surface area contributed by atoms with E-state index in [2.05, 4.69) is 70.6 Å². The van der Waals surface area contributed by atoms with Gasteiger partial charge < -0.3 is 10.1 Å². The highest BCUT2D eigenvalue weighted by Crippen LogP contribution is 2.49. The minimum absolute atomic E-state index is 0.221. The van der Waals surface area contributed by atoms with E-state index in [9.17, 15) is 0 Å². The maximum atomic E-state index is 6.19. The molecule has 1 N–H and O–H groups in total. The molecule has 0 spiro atoms. The van der Waals surface area contributed by atoms with E-state index in [0.29, 0.717) is 12.0 Å². The summed E-state index contributed by atoms with van der Waals surface area (Å²) in [7, 11) is 0. The summed E-state index contributed by atoms with van der Waals surface area (Å²) in [6, 6.07) is 15.7. The Bertz CT molecular complexity index is 682. The maximum absolute atomic E-state index is 6.19. The molecule has 1 saturated heterocycles. The molecule has 0 aromatic heterocycles. The molecule has 2 aliphatic rings. The summed E-state index contributed by atoms with van der Waals surface area (Å²) in [5, 5.41) is 3.76. The van der Waals surface area contributed by atoms with Gasteiger partial charge in [0.1, 0.15) is 0 Å². The van der Waals surface area contributed by atoms with Crippen LogP contribution in [0.3, 0.4) is 0 Å². The summed E-state index contributed by atoms with van der Waals surface area (Å²) in [5.41, 5.74) is 5.20. The van der Waals surface area contributed by atoms with E-state index in [4.69, 9.17) is 4.74 Å². The second-order valence-corrected chi connectivity index (χ2v) is 7.28. The van der Waals surface area contributed by atoms with Gasteiger partial charge in [-0.25, -0.2) is 0 Å². The fourth-order valence-corrected chi connectivity index (χ4v) is 4.05. The molecule has 0 aliphatic carbocycles. The van der Waals surface area contributed by atoms with Gasteiger partial charge in [0.15, 0.2) is 0 Å². The van der Waals surface area contributed by atoms with Crippen molar-refractivity contribution in [2.24, 2.45) is 5.92 Å². The molecule has 2 aromatic carbocycles. The van der Waals surface area contributed by atoms with Crippen molar-refractivity contribution in [2.45, 2.75) is 31.9 Å². The molecule has 0 radical (unpaired) electrons. The van der Waals surface area contributed by atoms with Crippen molar-refractivity contribution < 1.29 is 4.74 Å². The zero-order chi connectivity index (χ0) is 15.1. The van der Waals surface area contributed by atoms with Crippen LogP contribution in [0.1, 0.15) is 41.7 Å². The van der Waals surface area contributed by atoms with Crippen LogP contribution < -0.4 is 5.32 Å². The highest BCUT2D eigenvalue weighted by atomic mass is 79.9. The summed E-state index contributed by atoms with van der Waals surface area (Å²) in [6.07, 6.45) is 2.58. The van der Waals surface area contributed by atoms with Gasteiger partial charge >= 0.3 is 0 Å². The second kappa shape index (κ2) is 5.71. The maximum Gasteiger partial charge on any atom is 0.0895 e. The number of hydrogen-bond acceptors (Lipinski definition) is 2. The monoisotopic (exact) mass is 357 g/mol. The van der Waals surface area contributed by atoms with Crippen molar-refractivity contribution in [1.29, 1.82) is 0 Å². The number of halogens is 1. The molecule has 2 aromatic rings. The number of fused-ring (bicyclic) bond motifs is 3. The van der Waals surface area contributed by atoms with Crippen LogP contribution >= 0.6 is 15.9 Å². The molecule has 114 valence electrons. The van der Waals surface area contributed by atoms with Crippen molar-refractivity contribution in [3.05, 3.63) is 63.6 Å². The first-order valence-corrected chi connectivity index (χ1v) is 8.76. The average molecular weight is 358 g/mol. The fraction of sp³-hybridized carbons (Fsp3) is 0.368. The fourth-order valence-electron chi connectivity index (χ4n) is 3.79. The molecule has 0 unspecified atom stereocenters. The molecule has 0 amide bonds. The molecule has 4 rings (SSSR count). The Morgan fingerprint density at radius 1 is 1.14 bits per heavy atom. The summed E-state index contributed by atoms with van der Waals surface area (Å²) in [6.45, 7) is 3.03. The number of ether oxygens (including phenoxy) is 1. The minimum Gasteiger partial charge on any atom is -0.378 e. The van der Waals surface area contributed by atoms with Gasteiger partial charge in [-0.2, -0.15) is 0 Å². The molecule has 3 heteroatoms. The van der Waals surface area contributed by atoms with Crippen molar-refractivity contribution in [3.63, 3.8) is 0 Å². The van der Waals surface area contributed by atoms with Crippen LogP contribution in [0.15, 0.2) is 46.9 Å². The highest BCUT2D eigenvalue weighted by molar-refractivity contribution is 9.10. The van der Waals surface area contributed by atoms with Gasteiger partial charge in [0.25, 0.3) is 0 Å². The largest absolute Gasteiger partial charge is 0.378 e. The first-order chi connectivity index (χ1) is 10.7. The molecule has 1 fully saturated rings. The van der Waals surface area contributed by atoms with Crippen LogP contribution in [0.5, 0.6) is 0 Å². The lowest BCUT2D eigenvalue weighted by Gasteiger charge is -2.43. The number of aryl methyl sites for hydroxylation is 1. The summed E-state index contributed by atoms with van der Waals surface area (Å²) in [5.74, 6) is 0.504. The lowest BCUT2D eigenvalue weighted by molar-refractivity contribution is -0.0381. The third-order valence-corrected chi connectivity index (χ3v) is 5.38. The molecule has 2 nitrogen and oxygen atoms in total. The first kappa shape index (κ1) is 14.3. The van der Waals surface area contributed by atoms with Crippen molar-refractivity contribution in [3.8, 4) is 0 Å². The Hall–Kier alpha value is -1.32. The third kappa shape index (κ3) is 2.46. The van der Waals surface area contributed by atoms with E-state index < -0.39 is 0 Å². The topological polar surface area (TPSA) is 21.3 Å². The molecule has 3 atom stereocenters. The predicted molar refractivity (Wildman–Crippen MR) is 93.1 cm³/mol. The summed E-state index contributed by atoms with van der Waals surface area (Å²) < 4.78 is 7.31. The van der Waals surface area contributed by atoms with Crippen LogP contribution in [0.25, 0.3) is 0 Å². The molecular weight excluding hydrogens is 338 g/mol. The summed E-state index contributed by atoms with van der Waals surface area (Å²) >= 11 is 3.53. The highest BCUT2D eigenvalue weighted by Gasteiger charge is 2.39. The van der Waals surface area contributed by atoms with Crippen molar-refractivity contribution in [1.82, 2.24) is 0 Å². The SMILES string of the molecule is Cc1ccc2c(c1)[C@H]1OCCC[C@H]1[C@@H](c1ccc(Br)cc1)N2. The van der Waals surface area contributed by atoms with Gasteiger partial charge in [0.2, 0.25) is 0 Å². The smallest absolute Gasteiger partial charge is 0.0895 e. The van der Waals surface area contributed by atoms with E-state index in [-0.39, 0.29) is 6.10 Å². The minimum atomic E-state index is 0.221. The van der Waals surface area contributed by atoms with Gasteiger partial charge in [0, 0.05) is 28.2 Å². The molecule has 22 heavy (non-hydrogen) atoms. The molecule has 2 heterocycles. The first-order valence-electron chi connectivity index (χ1n) is 7.96. The van der Waals surface area contributed by atoms with Crippen LogP contribution in [0.4, 0.5) is 5.69 Å². The van der Waals surface area contributed by atoms with E-state index >= 15 is 0 Å². The summed E-state index contributed by atoms with van der Waals surface area (Å²) in [4.78, 5) is 0. The number of anilines is 1. The Labute approximate surface area is 140 Å². The van der Waals surface area contributed by atoms with Gasteiger partial charge in [-0.15, -0.1) is 0 Å². The van der Waals surface area contributed by atoms with Crippen LogP contribution in [0.2, 0.25) is 0 Å². The Morgan fingerprint density at radius 2 is 1.95 bits per heavy atom. The van der Waals surface area contributed by atoms with Gasteiger partial charge in [-0.05, 0) is 43.5 Å². The van der Waals surface area contributed by atoms with Crippen LogP contribution in [-0.4, -0.2) is 6.61 Å². The van der Waals surface area contributed by atoms with E-state index in [1.165, 1.54) is 28.8 Å². The predicted octanol–water partition coefficient (Wildman–Crippen LogP) is 5.39. The number of rotatable bonds is 1. The zero-order valence-electron chi connectivity index (χ0n) is 12.7. The van der Waals surface area contributed by atoms with Crippen LogP contribution in [0, 0.1) is 12.8 Å². The standard InChI is InChI=1S/C19H20BrNO/c1-12-4-9-17-16(11-12)19-15(3-2-10-22-19)18(21-17)13-5-7-14(20)8-6-13/h4-9,11,15,18-19,21H,2-3,10H2,1H3/t15-,18+,19-/m0/s1. The second-order valence-electron chi connectivity index (χ2n) is 6.36. The number of nitrogens with one attached hydrogen (secondary N) is 1. The average Bonchev–Trinajstić information content (AvgIpc) is 2.55. The van der Waals surface area contributed by atoms with Crippen molar-refractivity contribution in [2.75, 3.05) is 11.9 Å². The number of hydrogen-bond donors (Lipinski definition) is 1. The van der Waals surface area contributed by atoms with Gasteiger partial charge in [0.05, 0.1) is 12.1 Å². The Balaban J connectivity index is 1.77. The van der Waals surface area contributed by atoms with Crippen molar-refractivity contribution >= 4 is 21.6 Å². The molecule has 2 aliphatic heterocycles. The van der Waals surface area contributed by atoms with Gasteiger partial charge in [-0.3, -0.25) is 0 Å².